The molecule has 0 bridgehead atoms. The Labute approximate surface area is 77.0 Å². The summed E-state index contributed by atoms with van der Waals surface area (Å²) >= 11 is 1.64. The Kier molecular flexibility index (Phi) is 3.49. The minimum atomic E-state index is 0.509. The molecule has 0 aliphatic heterocycles. The van der Waals surface area contributed by atoms with Gasteiger partial charge in [0.15, 0.2) is 5.13 Å². The van der Waals surface area contributed by atoms with Gasteiger partial charge < -0.3 is 11.1 Å². The lowest BCUT2D eigenvalue weighted by Crippen LogP contribution is -2.19. The van der Waals surface area contributed by atoms with Crippen molar-refractivity contribution in [3.63, 3.8) is 0 Å². The molecule has 1 rings (SSSR count). The molecule has 1 aromatic heterocycles. The summed E-state index contributed by atoms with van der Waals surface area (Å²) in [5.41, 5.74) is 6.56. The van der Waals surface area contributed by atoms with E-state index in [4.69, 9.17) is 5.73 Å². The van der Waals surface area contributed by atoms with Gasteiger partial charge in [-0.2, -0.15) is 0 Å². The van der Waals surface area contributed by atoms with Crippen molar-refractivity contribution in [2.24, 2.45) is 11.7 Å². The van der Waals surface area contributed by atoms with Crippen molar-refractivity contribution in [2.45, 2.75) is 13.8 Å². The van der Waals surface area contributed by atoms with Crippen LogP contribution in [-0.4, -0.2) is 18.1 Å². The van der Waals surface area contributed by atoms with E-state index < -0.39 is 0 Å². The third-order valence-corrected chi connectivity index (χ3v) is 2.54. The molecule has 0 spiro atoms. The third kappa shape index (κ3) is 2.79. The number of rotatable bonds is 4. The van der Waals surface area contributed by atoms with Gasteiger partial charge in [0.1, 0.15) is 0 Å². The SMILES string of the molecule is Cc1csc(NCC(C)CN)n1. The highest BCUT2D eigenvalue weighted by Crippen LogP contribution is 2.14. The minimum Gasteiger partial charge on any atom is -0.361 e. The van der Waals surface area contributed by atoms with Crippen LogP contribution in [0.5, 0.6) is 0 Å². The molecule has 0 saturated heterocycles. The number of anilines is 1. The Hall–Kier alpha value is -0.610. The lowest BCUT2D eigenvalue weighted by atomic mass is 10.2. The summed E-state index contributed by atoms with van der Waals surface area (Å²) in [6.45, 7) is 5.74. The first-order chi connectivity index (χ1) is 5.72. The number of hydrogen-bond acceptors (Lipinski definition) is 4. The molecule has 0 aromatic carbocycles. The second-order valence-corrected chi connectivity index (χ2v) is 3.87. The predicted octanol–water partition coefficient (Wildman–Crippen LogP) is 1.46. The Morgan fingerprint density at radius 3 is 3.00 bits per heavy atom. The highest BCUT2D eigenvalue weighted by molar-refractivity contribution is 7.13. The molecule has 1 aromatic rings. The standard InChI is InChI=1S/C8H15N3S/c1-6(3-9)4-10-8-11-7(2)5-12-8/h5-6H,3-4,9H2,1-2H3,(H,10,11). The summed E-state index contributed by atoms with van der Waals surface area (Å²) in [5.74, 6) is 0.509. The molecular formula is C8H15N3S. The van der Waals surface area contributed by atoms with Gasteiger partial charge in [0, 0.05) is 11.9 Å². The highest BCUT2D eigenvalue weighted by Gasteiger charge is 2.00. The zero-order valence-corrected chi connectivity index (χ0v) is 8.32. The number of hydrogen-bond donors (Lipinski definition) is 2. The molecule has 4 heteroatoms. The molecule has 0 saturated carbocycles. The van der Waals surface area contributed by atoms with Crippen LogP contribution >= 0.6 is 11.3 Å². The Morgan fingerprint density at radius 2 is 2.50 bits per heavy atom. The monoisotopic (exact) mass is 185 g/mol. The van der Waals surface area contributed by atoms with E-state index in [0.717, 1.165) is 23.9 Å². The maximum Gasteiger partial charge on any atom is 0.182 e. The number of nitrogens with zero attached hydrogens (tertiary/aromatic N) is 1. The topological polar surface area (TPSA) is 50.9 Å². The van der Waals surface area contributed by atoms with Crippen molar-refractivity contribution in [3.8, 4) is 0 Å². The fourth-order valence-electron chi connectivity index (χ4n) is 0.780. The molecule has 1 unspecified atom stereocenters. The number of aryl methyl sites for hydroxylation is 1. The molecule has 0 amide bonds. The number of nitrogens with one attached hydrogen (secondary N) is 1. The van der Waals surface area contributed by atoms with E-state index >= 15 is 0 Å². The summed E-state index contributed by atoms with van der Waals surface area (Å²) in [6.07, 6.45) is 0. The lowest BCUT2D eigenvalue weighted by molar-refractivity contribution is 0.628. The first-order valence-corrected chi connectivity index (χ1v) is 4.96. The van der Waals surface area contributed by atoms with Crippen molar-refractivity contribution in [2.75, 3.05) is 18.4 Å². The second kappa shape index (κ2) is 4.42. The molecule has 0 radical (unpaired) electrons. The number of thiazole rings is 1. The van der Waals surface area contributed by atoms with Crippen LogP contribution in [-0.2, 0) is 0 Å². The summed E-state index contributed by atoms with van der Waals surface area (Å²) in [7, 11) is 0. The summed E-state index contributed by atoms with van der Waals surface area (Å²) in [6, 6.07) is 0. The Balaban J connectivity index is 2.33. The van der Waals surface area contributed by atoms with Crippen LogP contribution in [0.2, 0.25) is 0 Å². The quantitative estimate of drug-likeness (QED) is 0.746. The van der Waals surface area contributed by atoms with Crippen LogP contribution in [0.4, 0.5) is 5.13 Å². The molecule has 1 heterocycles. The normalized spacial score (nSPS) is 12.9. The Bertz CT molecular complexity index is 234. The molecule has 0 fully saturated rings. The number of aromatic nitrogens is 1. The van der Waals surface area contributed by atoms with Gasteiger partial charge in [-0.15, -0.1) is 11.3 Å². The zero-order valence-electron chi connectivity index (χ0n) is 7.50. The van der Waals surface area contributed by atoms with Crippen LogP contribution in [0, 0.1) is 12.8 Å². The van der Waals surface area contributed by atoms with Crippen LogP contribution in [0.3, 0.4) is 0 Å². The van der Waals surface area contributed by atoms with Crippen molar-refractivity contribution in [1.82, 2.24) is 4.98 Å². The van der Waals surface area contributed by atoms with Gasteiger partial charge in [0.25, 0.3) is 0 Å². The van der Waals surface area contributed by atoms with Crippen molar-refractivity contribution < 1.29 is 0 Å². The smallest absolute Gasteiger partial charge is 0.182 e. The van der Waals surface area contributed by atoms with E-state index in [1.54, 1.807) is 11.3 Å². The van der Waals surface area contributed by atoms with Gasteiger partial charge in [-0.1, -0.05) is 6.92 Å². The van der Waals surface area contributed by atoms with E-state index in [-0.39, 0.29) is 0 Å². The summed E-state index contributed by atoms with van der Waals surface area (Å²) < 4.78 is 0. The van der Waals surface area contributed by atoms with Gasteiger partial charge >= 0.3 is 0 Å². The van der Waals surface area contributed by atoms with E-state index in [1.165, 1.54) is 0 Å². The van der Waals surface area contributed by atoms with Gasteiger partial charge in [0.2, 0.25) is 0 Å². The van der Waals surface area contributed by atoms with Crippen molar-refractivity contribution in [3.05, 3.63) is 11.1 Å². The van der Waals surface area contributed by atoms with Crippen molar-refractivity contribution >= 4 is 16.5 Å². The summed E-state index contributed by atoms with van der Waals surface area (Å²) in [4.78, 5) is 4.28. The first kappa shape index (κ1) is 9.48. The van der Waals surface area contributed by atoms with Crippen LogP contribution in [0.25, 0.3) is 0 Å². The molecule has 0 aliphatic rings. The molecule has 68 valence electrons. The highest BCUT2D eigenvalue weighted by atomic mass is 32.1. The fourth-order valence-corrected chi connectivity index (χ4v) is 1.48. The third-order valence-electron chi connectivity index (χ3n) is 1.62. The molecular weight excluding hydrogens is 170 g/mol. The largest absolute Gasteiger partial charge is 0.361 e. The zero-order chi connectivity index (χ0) is 8.97. The van der Waals surface area contributed by atoms with Gasteiger partial charge in [-0.05, 0) is 19.4 Å². The minimum absolute atomic E-state index is 0.509. The van der Waals surface area contributed by atoms with E-state index in [0.29, 0.717) is 5.92 Å². The number of nitrogens with two attached hydrogens (primary N) is 1. The fraction of sp³-hybridized carbons (Fsp3) is 0.625. The maximum absolute atomic E-state index is 5.48. The average Bonchev–Trinajstić information content (AvgIpc) is 2.47. The molecule has 3 nitrogen and oxygen atoms in total. The van der Waals surface area contributed by atoms with E-state index in [2.05, 4.69) is 17.2 Å². The first-order valence-electron chi connectivity index (χ1n) is 4.08. The van der Waals surface area contributed by atoms with Gasteiger partial charge in [-0.25, -0.2) is 4.98 Å². The van der Waals surface area contributed by atoms with Crippen LogP contribution in [0.15, 0.2) is 5.38 Å². The molecule has 3 N–H and O–H groups in total. The van der Waals surface area contributed by atoms with Gasteiger partial charge in [-0.3, -0.25) is 0 Å². The van der Waals surface area contributed by atoms with E-state index in [9.17, 15) is 0 Å². The van der Waals surface area contributed by atoms with Crippen LogP contribution < -0.4 is 11.1 Å². The molecule has 12 heavy (non-hydrogen) atoms. The summed E-state index contributed by atoms with van der Waals surface area (Å²) in [5, 5.41) is 6.27. The van der Waals surface area contributed by atoms with Gasteiger partial charge in [0.05, 0.1) is 5.69 Å². The second-order valence-electron chi connectivity index (χ2n) is 3.02. The molecule has 0 aliphatic carbocycles. The lowest BCUT2D eigenvalue weighted by Gasteiger charge is -2.07. The Morgan fingerprint density at radius 1 is 1.75 bits per heavy atom. The predicted molar refractivity (Wildman–Crippen MR) is 53.6 cm³/mol. The van der Waals surface area contributed by atoms with Crippen molar-refractivity contribution in [1.29, 1.82) is 0 Å². The maximum atomic E-state index is 5.48. The average molecular weight is 185 g/mol. The van der Waals surface area contributed by atoms with Crippen LogP contribution in [0.1, 0.15) is 12.6 Å². The van der Waals surface area contributed by atoms with E-state index in [1.807, 2.05) is 12.3 Å². The molecule has 1 atom stereocenters.